The van der Waals surface area contributed by atoms with E-state index >= 15 is 0 Å². The van der Waals surface area contributed by atoms with Crippen LogP contribution in [0.25, 0.3) is 0 Å². The molecule has 0 atom stereocenters. The molecule has 1 saturated heterocycles. The Bertz CT molecular complexity index is 766. The SMILES string of the molecule is C/C(=N/Nc1cccc(C(=O)[O-])c1)c1ccc(N2CCOCC2)cc1. The fraction of sp³-hybridized carbons (Fsp3) is 0.263. The van der Waals surface area contributed by atoms with E-state index in [0.29, 0.717) is 5.69 Å². The Morgan fingerprint density at radius 1 is 1.12 bits per heavy atom. The summed E-state index contributed by atoms with van der Waals surface area (Å²) in [5.41, 5.74) is 6.60. The average Bonchev–Trinajstić information content (AvgIpc) is 2.67. The van der Waals surface area contributed by atoms with Gasteiger partial charge in [0, 0.05) is 18.8 Å². The van der Waals surface area contributed by atoms with Crippen LogP contribution >= 0.6 is 0 Å². The summed E-state index contributed by atoms with van der Waals surface area (Å²) in [6, 6.07) is 14.6. The number of hydrogen-bond acceptors (Lipinski definition) is 6. The molecule has 0 spiro atoms. The van der Waals surface area contributed by atoms with Crippen molar-refractivity contribution < 1.29 is 14.6 Å². The number of carbonyl (C=O) groups is 1. The van der Waals surface area contributed by atoms with Crippen molar-refractivity contribution in [1.29, 1.82) is 0 Å². The maximum absolute atomic E-state index is 10.9. The molecule has 0 saturated carbocycles. The summed E-state index contributed by atoms with van der Waals surface area (Å²) in [6.45, 7) is 5.24. The van der Waals surface area contributed by atoms with Gasteiger partial charge in [-0.2, -0.15) is 5.10 Å². The smallest absolute Gasteiger partial charge is 0.0716 e. The number of benzene rings is 2. The molecule has 2 aromatic carbocycles. The number of nitrogens with one attached hydrogen (secondary N) is 1. The van der Waals surface area contributed by atoms with Crippen molar-refractivity contribution >= 4 is 23.1 Å². The zero-order valence-electron chi connectivity index (χ0n) is 14.1. The predicted molar refractivity (Wildman–Crippen MR) is 96.1 cm³/mol. The monoisotopic (exact) mass is 338 g/mol. The number of carbonyl (C=O) groups excluding carboxylic acids is 1. The van der Waals surface area contributed by atoms with E-state index in [1.807, 2.05) is 19.1 Å². The van der Waals surface area contributed by atoms with Crippen molar-refractivity contribution in [3.8, 4) is 0 Å². The molecule has 6 heteroatoms. The first-order valence-corrected chi connectivity index (χ1v) is 8.18. The molecular formula is C19H20N3O3-. The molecule has 2 aromatic rings. The Kier molecular flexibility index (Phi) is 5.30. The number of rotatable bonds is 5. The minimum absolute atomic E-state index is 0.118. The van der Waals surface area contributed by atoms with Gasteiger partial charge in [0.1, 0.15) is 0 Å². The molecule has 1 aliphatic rings. The maximum atomic E-state index is 10.9. The summed E-state index contributed by atoms with van der Waals surface area (Å²) < 4.78 is 5.37. The number of hydrogen-bond donors (Lipinski definition) is 1. The average molecular weight is 338 g/mol. The van der Waals surface area contributed by atoms with E-state index < -0.39 is 5.97 Å². The zero-order valence-corrected chi connectivity index (χ0v) is 14.1. The Labute approximate surface area is 146 Å². The molecule has 0 amide bonds. The number of carboxylic acids is 1. The molecule has 1 aliphatic heterocycles. The summed E-state index contributed by atoms with van der Waals surface area (Å²) in [5.74, 6) is -1.21. The fourth-order valence-corrected chi connectivity index (χ4v) is 2.66. The van der Waals surface area contributed by atoms with Gasteiger partial charge in [-0.1, -0.05) is 24.3 Å². The van der Waals surface area contributed by atoms with Gasteiger partial charge in [-0.3, -0.25) is 5.43 Å². The first-order chi connectivity index (χ1) is 12.1. The molecule has 3 rings (SSSR count). The molecule has 0 aliphatic carbocycles. The molecule has 0 unspecified atom stereocenters. The van der Waals surface area contributed by atoms with Crippen molar-refractivity contribution in [1.82, 2.24) is 0 Å². The molecule has 25 heavy (non-hydrogen) atoms. The second-order valence-corrected chi connectivity index (χ2v) is 5.82. The molecule has 1 heterocycles. The lowest BCUT2D eigenvalue weighted by atomic mass is 10.1. The fourth-order valence-electron chi connectivity index (χ4n) is 2.66. The first-order valence-electron chi connectivity index (χ1n) is 8.18. The van der Waals surface area contributed by atoms with Gasteiger partial charge in [0.15, 0.2) is 0 Å². The van der Waals surface area contributed by atoms with Crippen LogP contribution in [0.1, 0.15) is 22.8 Å². The third kappa shape index (κ3) is 4.36. The van der Waals surface area contributed by atoms with Gasteiger partial charge in [-0.25, -0.2) is 0 Å². The third-order valence-corrected chi connectivity index (χ3v) is 4.11. The van der Waals surface area contributed by atoms with E-state index in [0.717, 1.165) is 37.6 Å². The maximum Gasteiger partial charge on any atom is 0.0716 e. The van der Waals surface area contributed by atoms with Crippen LogP contribution in [0.5, 0.6) is 0 Å². The number of ether oxygens (including phenoxy) is 1. The molecular weight excluding hydrogens is 318 g/mol. The number of carboxylic acid groups (broad SMARTS) is 1. The molecule has 0 aromatic heterocycles. The van der Waals surface area contributed by atoms with Gasteiger partial charge in [0.25, 0.3) is 0 Å². The Morgan fingerprint density at radius 2 is 1.84 bits per heavy atom. The lowest BCUT2D eigenvalue weighted by Crippen LogP contribution is -2.36. The minimum Gasteiger partial charge on any atom is -0.545 e. The Hall–Kier alpha value is -2.86. The number of hydrazone groups is 1. The van der Waals surface area contributed by atoms with Gasteiger partial charge in [-0.05, 0) is 42.3 Å². The summed E-state index contributed by atoms with van der Waals surface area (Å²) in [6.07, 6.45) is 0. The van der Waals surface area contributed by atoms with Crippen LogP contribution in [0.4, 0.5) is 11.4 Å². The zero-order chi connectivity index (χ0) is 17.6. The standard InChI is InChI=1S/C19H21N3O3/c1-14(20-21-17-4-2-3-16(13-17)19(23)24)15-5-7-18(8-6-15)22-9-11-25-12-10-22/h2-8,13,21H,9-12H2,1H3,(H,23,24)/p-1/b20-14-. The van der Waals surface area contributed by atoms with Crippen molar-refractivity contribution in [3.05, 3.63) is 59.7 Å². The van der Waals surface area contributed by atoms with E-state index in [4.69, 9.17) is 4.74 Å². The Balaban J connectivity index is 1.67. The van der Waals surface area contributed by atoms with Crippen LogP contribution < -0.4 is 15.4 Å². The van der Waals surface area contributed by atoms with Gasteiger partial charge >= 0.3 is 0 Å². The van der Waals surface area contributed by atoms with Crippen molar-refractivity contribution in [3.63, 3.8) is 0 Å². The highest BCUT2D eigenvalue weighted by atomic mass is 16.5. The highest BCUT2D eigenvalue weighted by Crippen LogP contribution is 2.17. The lowest BCUT2D eigenvalue weighted by Gasteiger charge is -2.28. The van der Waals surface area contributed by atoms with Crippen LogP contribution in [0.3, 0.4) is 0 Å². The summed E-state index contributed by atoms with van der Waals surface area (Å²) >= 11 is 0. The predicted octanol–water partition coefficient (Wildman–Crippen LogP) is 1.72. The largest absolute Gasteiger partial charge is 0.545 e. The minimum atomic E-state index is -1.21. The summed E-state index contributed by atoms with van der Waals surface area (Å²) in [4.78, 5) is 13.2. The van der Waals surface area contributed by atoms with E-state index in [-0.39, 0.29) is 5.56 Å². The molecule has 0 bridgehead atoms. The van der Waals surface area contributed by atoms with E-state index in [1.165, 1.54) is 17.8 Å². The first kappa shape index (κ1) is 17.0. The van der Waals surface area contributed by atoms with Crippen LogP contribution in [0.15, 0.2) is 53.6 Å². The van der Waals surface area contributed by atoms with Crippen LogP contribution in [-0.4, -0.2) is 38.0 Å². The third-order valence-electron chi connectivity index (χ3n) is 4.11. The second-order valence-electron chi connectivity index (χ2n) is 5.82. The molecule has 130 valence electrons. The highest BCUT2D eigenvalue weighted by Gasteiger charge is 2.11. The van der Waals surface area contributed by atoms with Crippen LogP contribution in [0.2, 0.25) is 0 Å². The number of morpholine rings is 1. The number of nitrogens with zero attached hydrogens (tertiary/aromatic N) is 2. The summed E-state index contributed by atoms with van der Waals surface area (Å²) in [7, 11) is 0. The van der Waals surface area contributed by atoms with Crippen molar-refractivity contribution in [2.45, 2.75) is 6.92 Å². The molecule has 0 radical (unpaired) electrons. The Morgan fingerprint density at radius 3 is 2.52 bits per heavy atom. The number of anilines is 2. The van der Waals surface area contributed by atoms with Crippen LogP contribution in [-0.2, 0) is 4.74 Å². The van der Waals surface area contributed by atoms with Crippen LogP contribution in [0, 0.1) is 0 Å². The summed E-state index contributed by atoms with van der Waals surface area (Å²) in [5, 5.41) is 15.2. The quantitative estimate of drug-likeness (QED) is 0.663. The topological polar surface area (TPSA) is 77.0 Å². The normalized spacial score (nSPS) is 15.1. The molecule has 6 nitrogen and oxygen atoms in total. The van der Waals surface area contributed by atoms with Gasteiger partial charge in [-0.15, -0.1) is 0 Å². The highest BCUT2D eigenvalue weighted by molar-refractivity contribution is 5.99. The van der Waals surface area contributed by atoms with Gasteiger partial charge in [0.2, 0.25) is 0 Å². The van der Waals surface area contributed by atoms with Gasteiger partial charge in [0.05, 0.1) is 30.6 Å². The van der Waals surface area contributed by atoms with E-state index in [1.54, 1.807) is 12.1 Å². The number of aromatic carboxylic acids is 1. The second kappa shape index (κ2) is 7.81. The molecule has 1 N–H and O–H groups in total. The van der Waals surface area contributed by atoms with Crippen molar-refractivity contribution in [2.75, 3.05) is 36.6 Å². The van der Waals surface area contributed by atoms with Crippen molar-refractivity contribution in [2.24, 2.45) is 5.10 Å². The molecule has 1 fully saturated rings. The van der Waals surface area contributed by atoms with Gasteiger partial charge < -0.3 is 19.5 Å². The van der Waals surface area contributed by atoms with E-state index in [9.17, 15) is 9.90 Å². The lowest BCUT2D eigenvalue weighted by molar-refractivity contribution is -0.255. The van der Waals surface area contributed by atoms with E-state index in [2.05, 4.69) is 27.6 Å².